The van der Waals surface area contributed by atoms with Crippen LogP contribution in [0.15, 0.2) is 47.6 Å². The van der Waals surface area contributed by atoms with Crippen LogP contribution in [0.2, 0.25) is 0 Å². The number of sulfonamides is 1. The standard InChI is InChI=1S/C23H27N3O3S2/c1-17-19-4-2-3-5-21(19)30-23(17)26(11-9-18-6-7-18)31(27,28)22-16-24-10-8-20(22)25-12-14-29-15-13-25/h2-5,8,10,16,18H,6-7,9,11-15H2,1H3. The second-order valence-corrected chi connectivity index (χ2v) is 11.1. The normalized spacial score (nSPS) is 17.3. The van der Waals surface area contributed by atoms with Crippen LogP contribution in [0.4, 0.5) is 10.7 Å². The third kappa shape index (κ3) is 4.04. The zero-order chi connectivity index (χ0) is 21.4. The molecule has 2 aliphatic rings. The highest BCUT2D eigenvalue weighted by Gasteiger charge is 2.33. The lowest BCUT2D eigenvalue weighted by Crippen LogP contribution is -2.39. The van der Waals surface area contributed by atoms with Gasteiger partial charge in [-0.1, -0.05) is 31.0 Å². The van der Waals surface area contributed by atoms with Gasteiger partial charge in [-0.3, -0.25) is 9.29 Å². The van der Waals surface area contributed by atoms with Crippen LogP contribution in [0.1, 0.15) is 24.8 Å². The first-order valence-corrected chi connectivity index (χ1v) is 13.1. The Morgan fingerprint density at radius 2 is 1.97 bits per heavy atom. The minimum Gasteiger partial charge on any atom is -0.378 e. The molecule has 0 atom stereocenters. The summed E-state index contributed by atoms with van der Waals surface area (Å²) in [6, 6.07) is 9.95. The molecule has 0 radical (unpaired) electrons. The predicted octanol–water partition coefficient (Wildman–Crippen LogP) is 4.44. The minimum absolute atomic E-state index is 0.282. The summed E-state index contributed by atoms with van der Waals surface area (Å²) in [4.78, 5) is 6.57. The Labute approximate surface area is 187 Å². The number of fused-ring (bicyclic) bond motifs is 1. The second-order valence-electron chi connectivity index (χ2n) is 8.28. The molecule has 1 saturated heterocycles. The molecule has 0 unspecified atom stereocenters. The number of ether oxygens (including phenoxy) is 1. The van der Waals surface area contributed by atoms with Crippen LogP contribution in [0.5, 0.6) is 0 Å². The zero-order valence-electron chi connectivity index (χ0n) is 17.7. The van der Waals surface area contributed by atoms with Crippen molar-refractivity contribution in [3.63, 3.8) is 0 Å². The number of hydrogen-bond acceptors (Lipinski definition) is 6. The average molecular weight is 458 g/mol. The van der Waals surface area contributed by atoms with E-state index in [1.165, 1.54) is 19.0 Å². The van der Waals surface area contributed by atoms with Crippen LogP contribution in [0.25, 0.3) is 10.1 Å². The van der Waals surface area contributed by atoms with E-state index in [2.05, 4.69) is 22.0 Å². The molecule has 164 valence electrons. The maximum absolute atomic E-state index is 14.1. The Morgan fingerprint density at radius 3 is 2.71 bits per heavy atom. The van der Waals surface area contributed by atoms with Crippen LogP contribution >= 0.6 is 11.3 Å². The number of benzene rings is 1. The predicted molar refractivity (Wildman–Crippen MR) is 126 cm³/mol. The molecule has 3 aromatic rings. The molecular formula is C23H27N3O3S2. The summed E-state index contributed by atoms with van der Waals surface area (Å²) in [5.41, 5.74) is 1.74. The van der Waals surface area contributed by atoms with Gasteiger partial charge in [0.15, 0.2) is 0 Å². The van der Waals surface area contributed by atoms with Crippen LogP contribution < -0.4 is 9.21 Å². The number of rotatable bonds is 7. The molecule has 5 rings (SSSR count). The Hall–Kier alpha value is -2.16. The van der Waals surface area contributed by atoms with Crippen LogP contribution in [-0.2, 0) is 14.8 Å². The molecular weight excluding hydrogens is 430 g/mol. The van der Waals surface area contributed by atoms with Crippen molar-refractivity contribution < 1.29 is 13.2 Å². The van der Waals surface area contributed by atoms with Crippen LogP contribution in [0.3, 0.4) is 0 Å². The molecule has 8 heteroatoms. The number of morpholine rings is 1. The zero-order valence-corrected chi connectivity index (χ0v) is 19.3. The lowest BCUT2D eigenvalue weighted by molar-refractivity contribution is 0.122. The largest absolute Gasteiger partial charge is 0.378 e. The van der Waals surface area contributed by atoms with Gasteiger partial charge < -0.3 is 9.64 Å². The first kappa shape index (κ1) is 20.7. The van der Waals surface area contributed by atoms with Gasteiger partial charge in [-0.2, -0.15) is 0 Å². The number of pyridine rings is 1. The van der Waals surface area contributed by atoms with E-state index in [1.54, 1.807) is 21.8 Å². The van der Waals surface area contributed by atoms with E-state index in [9.17, 15) is 8.42 Å². The Morgan fingerprint density at radius 1 is 1.19 bits per heavy atom. The number of thiophene rings is 1. The number of hydrogen-bond donors (Lipinski definition) is 0. The van der Waals surface area contributed by atoms with E-state index in [1.807, 2.05) is 25.1 Å². The van der Waals surface area contributed by atoms with E-state index >= 15 is 0 Å². The van der Waals surface area contributed by atoms with Gasteiger partial charge in [0.25, 0.3) is 10.0 Å². The first-order valence-electron chi connectivity index (χ1n) is 10.8. The van der Waals surface area contributed by atoms with E-state index in [-0.39, 0.29) is 4.90 Å². The molecule has 3 heterocycles. The summed E-state index contributed by atoms with van der Waals surface area (Å²) in [7, 11) is -3.77. The number of nitrogens with zero attached hydrogens (tertiary/aromatic N) is 3. The van der Waals surface area contributed by atoms with E-state index < -0.39 is 10.0 Å². The fourth-order valence-electron chi connectivity index (χ4n) is 4.19. The molecule has 6 nitrogen and oxygen atoms in total. The lowest BCUT2D eigenvalue weighted by atomic mass is 10.2. The van der Waals surface area contributed by atoms with Crippen LogP contribution in [-0.4, -0.2) is 46.2 Å². The topological polar surface area (TPSA) is 62.7 Å². The summed E-state index contributed by atoms with van der Waals surface area (Å²) in [6.45, 7) is 5.08. The van der Waals surface area contributed by atoms with Gasteiger partial charge in [-0.25, -0.2) is 8.42 Å². The molecule has 2 fully saturated rings. The monoisotopic (exact) mass is 457 g/mol. The molecule has 1 aliphatic heterocycles. The fraction of sp³-hybridized carbons (Fsp3) is 0.435. The van der Waals surface area contributed by atoms with Crippen molar-refractivity contribution in [2.24, 2.45) is 5.92 Å². The molecule has 1 saturated carbocycles. The quantitative estimate of drug-likeness (QED) is 0.525. The summed E-state index contributed by atoms with van der Waals surface area (Å²) in [5, 5.41) is 1.94. The summed E-state index contributed by atoms with van der Waals surface area (Å²) in [6.07, 6.45) is 6.46. The van der Waals surface area contributed by atoms with Gasteiger partial charge in [-0.05, 0) is 42.3 Å². The third-order valence-corrected chi connectivity index (χ3v) is 9.39. The Balaban J connectivity index is 1.59. The maximum atomic E-state index is 14.1. The van der Waals surface area contributed by atoms with Crippen molar-refractivity contribution in [3.8, 4) is 0 Å². The SMILES string of the molecule is Cc1c(N(CCC2CC2)S(=O)(=O)c2cnccc2N2CCOCC2)sc2ccccc12. The van der Waals surface area contributed by atoms with Crippen molar-refractivity contribution in [2.45, 2.75) is 31.1 Å². The highest BCUT2D eigenvalue weighted by molar-refractivity contribution is 7.93. The van der Waals surface area contributed by atoms with Crippen molar-refractivity contribution in [1.82, 2.24) is 4.98 Å². The summed E-state index contributed by atoms with van der Waals surface area (Å²) < 4.78 is 36.4. The summed E-state index contributed by atoms with van der Waals surface area (Å²) >= 11 is 1.56. The molecule has 0 bridgehead atoms. The van der Waals surface area contributed by atoms with Gasteiger partial charge >= 0.3 is 0 Å². The third-order valence-electron chi connectivity index (χ3n) is 6.16. The van der Waals surface area contributed by atoms with Gasteiger partial charge in [0.05, 0.1) is 18.9 Å². The molecule has 2 aromatic heterocycles. The fourth-order valence-corrected chi connectivity index (χ4v) is 7.33. The highest BCUT2D eigenvalue weighted by Crippen LogP contribution is 2.42. The Kier molecular flexibility index (Phi) is 5.62. The van der Waals surface area contributed by atoms with Gasteiger partial charge in [-0.15, -0.1) is 11.3 Å². The highest BCUT2D eigenvalue weighted by atomic mass is 32.2. The number of aryl methyl sites for hydroxylation is 1. The van der Waals surface area contributed by atoms with Crippen LogP contribution in [0, 0.1) is 12.8 Å². The summed E-state index contributed by atoms with van der Waals surface area (Å²) in [5.74, 6) is 0.639. The molecule has 1 aromatic carbocycles. The number of aromatic nitrogens is 1. The minimum atomic E-state index is -3.77. The second kappa shape index (κ2) is 8.41. The van der Waals surface area contributed by atoms with E-state index in [0.717, 1.165) is 27.1 Å². The van der Waals surface area contributed by atoms with Gasteiger partial charge in [0.2, 0.25) is 0 Å². The van der Waals surface area contributed by atoms with Crippen molar-refractivity contribution >= 4 is 42.1 Å². The maximum Gasteiger partial charge on any atom is 0.268 e. The van der Waals surface area contributed by atoms with Gasteiger partial charge in [0.1, 0.15) is 9.90 Å². The Bertz CT molecular complexity index is 1180. The molecule has 0 N–H and O–H groups in total. The van der Waals surface area contributed by atoms with Gasteiger partial charge in [0, 0.05) is 36.7 Å². The smallest absolute Gasteiger partial charge is 0.268 e. The first-order chi connectivity index (χ1) is 15.1. The van der Waals surface area contributed by atoms with Crippen molar-refractivity contribution in [3.05, 3.63) is 48.3 Å². The molecule has 0 amide bonds. The van der Waals surface area contributed by atoms with E-state index in [0.29, 0.717) is 44.5 Å². The number of anilines is 2. The van der Waals surface area contributed by atoms with E-state index in [4.69, 9.17) is 4.74 Å². The molecule has 0 spiro atoms. The lowest BCUT2D eigenvalue weighted by Gasteiger charge is -2.32. The average Bonchev–Trinajstić information content (AvgIpc) is 3.57. The molecule has 31 heavy (non-hydrogen) atoms. The van der Waals surface area contributed by atoms with Crippen molar-refractivity contribution in [2.75, 3.05) is 42.1 Å². The van der Waals surface area contributed by atoms with Crippen molar-refractivity contribution in [1.29, 1.82) is 0 Å². The molecule has 1 aliphatic carbocycles.